The van der Waals surface area contributed by atoms with E-state index in [-0.39, 0.29) is 39.9 Å². The minimum absolute atomic E-state index is 0.0517. The molecule has 9 nitrogen and oxygen atoms in total. The van der Waals surface area contributed by atoms with E-state index in [0.717, 1.165) is 5.56 Å². The largest absolute Gasteiger partial charge is 0.357 e. The van der Waals surface area contributed by atoms with Crippen LogP contribution in [0.1, 0.15) is 32.4 Å². The highest BCUT2D eigenvalue weighted by Gasteiger charge is 2.30. The molecule has 5 rings (SSSR count). The van der Waals surface area contributed by atoms with Crippen LogP contribution in [0.15, 0.2) is 54.0 Å². The molecule has 1 aliphatic heterocycles. The van der Waals surface area contributed by atoms with E-state index in [2.05, 4.69) is 16.7 Å². The Kier molecular flexibility index (Phi) is 6.98. The van der Waals surface area contributed by atoms with Crippen LogP contribution in [0, 0.1) is 12.7 Å². The lowest BCUT2D eigenvalue weighted by molar-refractivity contribution is -0.126. The van der Waals surface area contributed by atoms with Gasteiger partial charge in [-0.2, -0.15) is 10.1 Å². The van der Waals surface area contributed by atoms with E-state index in [1.165, 1.54) is 16.7 Å². The van der Waals surface area contributed by atoms with Crippen LogP contribution in [0.3, 0.4) is 0 Å². The molecule has 0 spiro atoms. The number of aryl methyl sites for hydroxylation is 1. The number of carbonyl (C=O) groups is 1. The normalized spacial score (nSPS) is 15.8. The van der Waals surface area contributed by atoms with Crippen molar-refractivity contribution >= 4 is 34.4 Å². The van der Waals surface area contributed by atoms with E-state index in [1.54, 1.807) is 40.0 Å². The molecule has 202 valence electrons. The summed E-state index contributed by atoms with van der Waals surface area (Å²) < 4.78 is 18.0. The van der Waals surface area contributed by atoms with Crippen molar-refractivity contribution in [2.75, 3.05) is 24.5 Å². The molecule has 1 aliphatic rings. The maximum absolute atomic E-state index is 14.9. The lowest BCUT2D eigenvalue weighted by Crippen LogP contribution is -2.54. The summed E-state index contributed by atoms with van der Waals surface area (Å²) in [6, 6.07) is 7.71. The Balaban J connectivity index is 1.79. The molecule has 0 saturated carbocycles. The average Bonchev–Trinajstić information content (AvgIpc) is 3.29. The molecule has 0 unspecified atom stereocenters. The van der Waals surface area contributed by atoms with Crippen molar-refractivity contribution in [2.24, 2.45) is 0 Å². The van der Waals surface area contributed by atoms with Crippen LogP contribution in [-0.4, -0.2) is 60.8 Å². The van der Waals surface area contributed by atoms with Gasteiger partial charge in [0.2, 0.25) is 5.91 Å². The molecule has 39 heavy (non-hydrogen) atoms. The topological polar surface area (TPSA) is 89.2 Å². The molecular weight excluding hydrogens is 521 g/mol. The van der Waals surface area contributed by atoms with E-state index in [4.69, 9.17) is 16.6 Å². The molecule has 1 amide bonds. The number of anilines is 1. The highest BCUT2D eigenvalue weighted by atomic mass is 35.5. The molecule has 3 aromatic heterocycles. The monoisotopic (exact) mass is 549 g/mol. The fraction of sp³-hybridized carbons (Fsp3) is 0.321. The van der Waals surface area contributed by atoms with Gasteiger partial charge in [0.1, 0.15) is 17.5 Å². The van der Waals surface area contributed by atoms with Gasteiger partial charge in [-0.1, -0.05) is 30.3 Å². The van der Waals surface area contributed by atoms with Gasteiger partial charge in [0.05, 0.1) is 22.3 Å². The first-order valence-corrected chi connectivity index (χ1v) is 13.1. The molecule has 1 aromatic carbocycles. The summed E-state index contributed by atoms with van der Waals surface area (Å²) in [7, 11) is 0. The maximum Gasteiger partial charge on any atom is 0.357 e. The standard InChI is InChI=1S/C28H29ClFN7O2/c1-6-23(38)34-11-12-35(18(5)15-34)25-20-13-21(29)24(19-9-7-8-10-22(19)30)32-26(20)36(28(39)33-25)27-17(4)14-31-37(27)16(2)3/h6-10,13-14,16,18H,1,11-12,15H2,2-5H3/t18-/m0/s1. The van der Waals surface area contributed by atoms with Gasteiger partial charge in [-0.3, -0.25) is 4.79 Å². The van der Waals surface area contributed by atoms with Crippen LogP contribution in [-0.2, 0) is 4.79 Å². The molecule has 1 saturated heterocycles. The van der Waals surface area contributed by atoms with Gasteiger partial charge in [-0.15, -0.1) is 0 Å². The zero-order valence-electron chi connectivity index (χ0n) is 22.2. The first-order valence-electron chi connectivity index (χ1n) is 12.7. The lowest BCUT2D eigenvalue weighted by Gasteiger charge is -2.40. The Hall–Kier alpha value is -4.05. The van der Waals surface area contributed by atoms with Gasteiger partial charge in [-0.05, 0) is 52.0 Å². The number of fused-ring (bicyclic) bond motifs is 1. The Morgan fingerprint density at radius 2 is 1.97 bits per heavy atom. The zero-order valence-corrected chi connectivity index (χ0v) is 23.0. The van der Waals surface area contributed by atoms with Crippen molar-refractivity contribution in [3.63, 3.8) is 0 Å². The van der Waals surface area contributed by atoms with Gasteiger partial charge in [0.25, 0.3) is 0 Å². The Morgan fingerprint density at radius 1 is 1.23 bits per heavy atom. The van der Waals surface area contributed by atoms with Gasteiger partial charge in [0, 0.05) is 42.8 Å². The van der Waals surface area contributed by atoms with E-state index < -0.39 is 11.5 Å². The first kappa shape index (κ1) is 26.6. The molecule has 1 atom stereocenters. The summed E-state index contributed by atoms with van der Waals surface area (Å²) in [6.45, 7) is 12.7. The predicted octanol–water partition coefficient (Wildman–Crippen LogP) is 4.55. The third-order valence-corrected chi connectivity index (χ3v) is 7.25. The van der Waals surface area contributed by atoms with Crippen LogP contribution in [0.2, 0.25) is 5.02 Å². The van der Waals surface area contributed by atoms with Gasteiger partial charge < -0.3 is 9.80 Å². The van der Waals surface area contributed by atoms with E-state index >= 15 is 0 Å². The van der Waals surface area contributed by atoms with Crippen molar-refractivity contribution in [1.82, 2.24) is 29.2 Å². The number of rotatable bonds is 5. The number of piperazine rings is 1. The van der Waals surface area contributed by atoms with Gasteiger partial charge in [-0.25, -0.2) is 23.4 Å². The van der Waals surface area contributed by atoms with Gasteiger partial charge in [0.15, 0.2) is 5.65 Å². The maximum atomic E-state index is 14.9. The predicted molar refractivity (Wildman–Crippen MR) is 150 cm³/mol. The highest BCUT2D eigenvalue weighted by Crippen LogP contribution is 2.35. The number of nitrogens with zero attached hydrogens (tertiary/aromatic N) is 7. The third-order valence-electron chi connectivity index (χ3n) is 6.96. The number of aromatic nitrogens is 5. The SMILES string of the molecule is C=CC(=O)N1CCN(c2nc(=O)n(-c3c(C)cnn3C(C)C)c3nc(-c4ccccc4F)c(Cl)cc23)[C@@H](C)C1. The number of hydrogen-bond donors (Lipinski definition) is 0. The van der Waals surface area contributed by atoms with Gasteiger partial charge >= 0.3 is 5.69 Å². The Bertz CT molecular complexity index is 1660. The smallest absolute Gasteiger partial charge is 0.350 e. The van der Waals surface area contributed by atoms with Crippen molar-refractivity contribution in [3.05, 3.63) is 76.1 Å². The average molecular weight is 550 g/mol. The molecule has 0 N–H and O–H groups in total. The van der Waals surface area contributed by atoms with Crippen LogP contribution in [0.4, 0.5) is 10.2 Å². The summed E-state index contributed by atoms with van der Waals surface area (Å²) in [5.74, 6) is 0.316. The van der Waals surface area contributed by atoms with Crippen LogP contribution < -0.4 is 10.6 Å². The quantitative estimate of drug-likeness (QED) is 0.339. The molecule has 4 heterocycles. The number of hydrogen-bond acceptors (Lipinski definition) is 6. The second kappa shape index (κ2) is 10.3. The van der Waals surface area contributed by atoms with Crippen molar-refractivity contribution in [3.8, 4) is 17.1 Å². The van der Waals surface area contributed by atoms with Crippen LogP contribution in [0.5, 0.6) is 0 Å². The molecule has 1 fully saturated rings. The summed E-state index contributed by atoms with van der Waals surface area (Å²) in [5.41, 5.74) is 0.941. The van der Waals surface area contributed by atoms with Crippen molar-refractivity contribution < 1.29 is 9.18 Å². The van der Waals surface area contributed by atoms with Crippen molar-refractivity contribution in [1.29, 1.82) is 0 Å². The summed E-state index contributed by atoms with van der Waals surface area (Å²) in [6.07, 6.45) is 2.98. The minimum atomic E-state index is -0.547. The van der Waals surface area contributed by atoms with Crippen LogP contribution in [0.25, 0.3) is 28.1 Å². The lowest BCUT2D eigenvalue weighted by atomic mass is 10.1. The summed E-state index contributed by atoms with van der Waals surface area (Å²) in [5, 5.41) is 5.23. The highest BCUT2D eigenvalue weighted by molar-refractivity contribution is 6.33. The van der Waals surface area contributed by atoms with E-state index in [1.807, 2.05) is 32.6 Å². The number of halogens is 2. The number of amides is 1. The third kappa shape index (κ3) is 4.58. The molecule has 0 bridgehead atoms. The fourth-order valence-electron chi connectivity index (χ4n) is 5.06. The number of benzene rings is 1. The number of carbonyl (C=O) groups excluding carboxylic acids is 1. The second-order valence-electron chi connectivity index (χ2n) is 9.94. The first-order chi connectivity index (χ1) is 18.6. The zero-order chi connectivity index (χ0) is 28.0. The van der Waals surface area contributed by atoms with E-state index in [0.29, 0.717) is 36.7 Å². The molecule has 4 aromatic rings. The van der Waals surface area contributed by atoms with Crippen molar-refractivity contribution in [2.45, 2.75) is 39.8 Å². The Morgan fingerprint density at radius 3 is 2.64 bits per heavy atom. The molecule has 0 radical (unpaired) electrons. The fourth-order valence-corrected chi connectivity index (χ4v) is 5.31. The summed E-state index contributed by atoms with van der Waals surface area (Å²) >= 11 is 6.73. The molecular formula is C28H29ClFN7O2. The molecule has 0 aliphatic carbocycles. The Labute approximate surface area is 230 Å². The van der Waals surface area contributed by atoms with Crippen LogP contribution >= 0.6 is 11.6 Å². The second-order valence-corrected chi connectivity index (χ2v) is 10.4. The minimum Gasteiger partial charge on any atom is -0.350 e. The van der Waals surface area contributed by atoms with E-state index in [9.17, 15) is 14.0 Å². The molecule has 11 heteroatoms. The number of pyridine rings is 1. The summed E-state index contributed by atoms with van der Waals surface area (Å²) in [4.78, 5) is 39.0.